The van der Waals surface area contributed by atoms with Gasteiger partial charge in [0.1, 0.15) is 0 Å². The molecule has 0 spiro atoms. The number of hydrogen-bond donors (Lipinski definition) is 3. The van der Waals surface area contributed by atoms with Crippen LogP contribution < -0.4 is 16.0 Å². The number of aryl methyl sites for hydroxylation is 1. The van der Waals surface area contributed by atoms with Gasteiger partial charge < -0.3 is 16.0 Å². The molecule has 27 heavy (non-hydrogen) atoms. The predicted molar refractivity (Wildman–Crippen MR) is 104 cm³/mol. The lowest BCUT2D eigenvalue weighted by Crippen LogP contribution is -2.28. The normalized spacial score (nSPS) is 12.9. The Hall–Kier alpha value is -3.15. The van der Waals surface area contributed by atoms with Gasteiger partial charge in [0.05, 0.1) is 0 Å². The summed E-state index contributed by atoms with van der Waals surface area (Å²) in [5, 5.41) is 8.44. The first-order valence-electron chi connectivity index (χ1n) is 9.07. The summed E-state index contributed by atoms with van der Waals surface area (Å²) in [5.74, 6) is -0.475. The summed E-state index contributed by atoms with van der Waals surface area (Å²) in [6.07, 6.45) is 2.25. The lowest BCUT2D eigenvalue weighted by atomic mass is 10.1. The first kappa shape index (κ1) is 18.6. The molecule has 0 saturated heterocycles. The zero-order valence-electron chi connectivity index (χ0n) is 15.2. The Labute approximate surface area is 158 Å². The van der Waals surface area contributed by atoms with Gasteiger partial charge >= 0.3 is 0 Å². The molecule has 3 N–H and O–H groups in total. The van der Waals surface area contributed by atoms with Crippen LogP contribution in [0.25, 0.3) is 0 Å². The molecule has 0 unspecified atom stereocenters. The van der Waals surface area contributed by atoms with Gasteiger partial charge in [-0.15, -0.1) is 0 Å². The number of amides is 3. The summed E-state index contributed by atoms with van der Waals surface area (Å²) in [5.41, 5.74) is 2.70. The minimum atomic E-state index is -0.199. The molecule has 2 aromatic rings. The monoisotopic (exact) mass is 365 g/mol. The summed E-state index contributed by atoms with van der Waals surface area (Å²) in [7, 11) is 0. The molecular weight excluding hydrogens is 342 g/mol. The Bertz CT molecular complexity index is 842. The first-order valence-corrected chi connectivity index (χ1v) is 9.07. The highest BCUT2D eigenvalue weighted by atomic mass is 16.2. The SMILES string of the molecule is Cc1ccccc1C(=O)NCCC(=O)Nc1ccc(C(=O)NC2CC2)cc1. The number of benzene rings is 2. The molecule has 6 heteroatoms. The van der Waals surface area contributed by atoms with Crippen molar-refractivity contribution >= 4 is 23.4 Å². The molecule has 0 aliphatic heterocycles. The van der Waals surface area contributed by atoms with Crippen molar-refractivity contribution in [1.82, 2.24) is 10.6 Å². The Morgan fingerprint density at radius 1 is 0.963 bits per heavy atom. The summed E-state index contributed by atoms with van der Waals surface area (Å²) < 4.78 is 0. The fourth-order valence-electron chi connectivity index (χ4n) is 2.64. The number of anilines is 1. The van der Waals surface area contributed by atoms with E-state index in [1.807, 2.05) is 25.1 Å². The van der Waals surface area contributed by atoms with E-state index in [2.05, 4.69) is 16.0 Å². The molecule has 0 atom stereocenters. The van der Waals surface area contributed by atoms with Crippen molar-refractivity contribution in [2.45, 2.75) is 32.2 Å². The van der Waals surface area contributed by atoms with E-state index < -0.39 is 0 Å². The maximum atomic E-state index is 12.1. The number of carbonyl (C=O) groups excluding carboxylic acids is 3. The van der Waals surface area contributed by atoms with E-state index in [9.17, 15) is 14.4 Å². The van der Waals surface area contributed by atoms with E-state index in [0.29, 0.717) is 22.9 Å². The van der Waals surface area contributed by atoms with Crippen molar-refractivity contribution in [2.75, 3.05) is 11.9 Å². The fraction of sp³-hybridized carbons (Fsp3) is 0.286. The zero-order valence-corrected chi connectivity index (χ0v) is 15.2. The van der Waals surface area contributed by atoms with Crippen LogP contribution in [0.2, 0.25) is 0 Å². The van der Waals surface area contributed by atoms with Crippen LogP contribution in [0.1, 0.15) is 45.5 Å². The molecule has 1 saturated carbocycles. The van der Waals surface area contributed by atoms with E-state index in [0.717, 1.165) is 18.4 Å². The third kappa shape index (κ3) is 5.41. The highest BCUT2D eigenvalue weighted by Gasteiger charge is 2.23. The summed E-state index contributed by atoms with van der Waals surface area (Å²) in [4.78, 5) is 36.1. The number of hydrogen-bond acceptors (Lipinski definition) is 3. The summed E-state index contributed by atoms with van der Waals surface area (Å²) >= 11 is 0. The van der Waals surface area contributed by atoms with Crippen molar-refractivity contribution < 1.29 is 14.4 Å². The summed E-state index contributed by atoms with van der Waals surface area (Å²) in [6.45, 7) is 2.12. The van der Waals surface area contributed by atoms with Gasteiger partial charge in [-0.25, -0.2) is 0 Å². The zero-order chi connectivity index (χ0) is 19.2. The molecule has 6 nitrogen and oxygen atoms in total. The molecule has 3 rings (SSSR count). The van der Waals surface area contributed by atoms with Crippen LogP contribution in [-0.2, 0) is 4.79 Å². The van der Waals surface area contributed by atoms with Crippen LogP contribution in [0.15, 0.2) is 48.5 Å². The molecule has 1 fully saturated rings. The van der Waals surface area contributed by atoms with Gasteiger partial charge in [-0.2, -0.15) is 0 Å². The van der Waals surface area contributed by atoms with Crippen molar-refractivity contribution in [1.29, 1.82) is 0 Å². The van der Waals surface area contributed by atoms with Gasteiger partial charge in [-0.05, 0) is 55.7 Å². The fourth-order valence-corrected chi connectivity index (χ4v) is 2.64. The minimum Gasteiger partial charge on any atom is -0.352 e. The molecule has 0 bridgehead atoms. The van der Waals surface area contributed by atoms with Gasteiger partial charge in [0, 0.05) is 35.8 Å². The van der Waals surface area contributed by atoms with Gasteiger partial charge in [-0.1, -0.05) is 18.2 Å². The second kappa shape index (κ2) is 8.49. The second-order valence-corrected chi connectivity index (χ2v) is 6.69. The minimum absolute atomic E-state index is 0.0886. The van der Waals surface area contributed by atoms with Crippen LogP contribution >= 0.6 is 0 Å². The third-order valence-electron chi connectivity index (χ3n) is 4.37. The highest BCUT2D eigenvalue weighted by molar-refractivity contribution is 5.97. The van der Waals surface area contributed by atoms with Crippen LogP contribution in [0.4, 0.5) is 5.69 Å². The third-order valence-corrected chi connectivity index (χ3v) is 4.37. The second-order valence-electron chi connectivity index (χ2n) is 6.69. The van der Waals surface area contributed by atoms with Crippen LogP contribution in [0.5, 0.6) is 0 Å². The van der Waals surface area contributed by atoms with Crippen molar-refractivity contribution in [3.63, 3.8) is 0 Å². The molecule has 0 radical (unpaired) electrons. The molecular formula is C21H23N3O3. The lowest BCUT2D eigenvalue weighted by Gasteiger charge is -2.09. The molecule has 3 amide bonds. The standard InChI is InChI=1S/C21H23N3O3/c1-14-4-2-3-5-18(14)21(27)22-13-12-19(25)23-16-8-6-15(7-9-16)20(26)24-17-10-11-17/h2-9,17H,10-13H2,1H3,(H,22,27)(H,23,25)(H,24,26). The molecule has 2 aromatic carbocycles. The first-order chi connectivity index (χ1) is 13.0. The predicted octanol–water partition coefficient (Wildman–Crippen LogP) is 2.65. The molecule has 1 aliphatic rings. The van der Waals surface area contributed by atoms with Crippen LogP contribution in [0.3, 0.4) is 0 Å². The number of rotatable bonds is 7. The molecule has 1 aliphatic carbocycles. The number of carbonyl (C=O) groups is 3. The molecule has 0 aromatic heterocycles. The highest BCUT2D eigenvalue weighted by Crippen LogP contribution is 2.19. The summed E-state index contributed by atoms with van der Waals surface area (Å²) in [6, 6.07) is 14.4. The Kier molecular flexibility index (Phi) is 5.86. The smallest absolute Gasteiger partial charge is 0.251 e. The van der Waals surface area contributed by atoms with Crippen LogP contribution in [0, 0.1) is 6.92 Å². The Balaban J connectivity index is 1.43. The van der Waals surface area contributed by atoms with E-state index >= 15 is 0 Å². The van der Waals surface area contributed by atoms with Gasteiger partial charge in [-0.3, -0.25) is 14.4 Å². The maximum absolute atomic E-state index is 12.1. The van der Waals surface area contributed by atoms with Gasteiger partial charge in [0.15, 0.2) is 0 Å². The quantitative estimate of drug-likeness (QED) is 0.705. The van der Waals surface area contributed by atoms with E-state index in [1.54, 1.807) is 30.3 Å². The average molecular weight is 365 g/mol. The molecule has 0 heterocycles. The largest absolute Gasteiger partial charge is 0.352 e. The van der Waals surface area contributed by atoms with E-state index in [1.165, 1.54) is 0 Å². The Morgan fingerprint density at radius 3 is 2.33 bits per heavy atom. The van der Waals surface area contributed by atoms with Gasteiger partial charge in [0.2, 0.25) is 5.91 Å². The van der Waals surface area contributed by atoms with E-state index in [4.69, 9.17) is 0 Å². The topological polar surface area (TPSA) is 87.3 Å². The van der Waals surface area contributed by atoms with Crippen molar-refractivity contribution in [3.05, 3.63) is 65.2 Å². The maximum Gasteiger partial charge on any atom is 0.251 e. The molecule has 140 valence electrons. The number of nitrogens with one attached hydrogen (secondary N) is 3. The van der Waals surface area contributed by atoms with Gasteiger partial charge in [0.25, 0.3) is 11.8 Å². The van der Waals surface area contributed by atoms with Crippen molar-refractivity contribution in [3.8, 4) is 0 Å². The Morgan fingerprint density at radius 2 is 1.67 bits per heavy atom. The van der Waals surface area contributed by atoms with Crippen LogP contribution in [-0.4, -0.2) is 30.3 Å². The average Bonchev–Trinajstić information content (AvgIpc) is 3.46. The van der Waals surface area contributed by atoms with Crippen molar-refractivity contribution in [2.24, 2.45) is 0 Å². The lowest BCUT2D eigenvalue weighted by molar-refractivity contribution is -0.116. The van der Waals surface area contributed by atoms with E-state index in [-0.39, 0.29) is 30.7 Å².